The molecule has 2 amide bonds. The minimum atomic E-state index is -0.247. The molecule has 0 aliphatic heterocycles. The summed E-state index contributed by atoms with van der Waals surface area (Å²) in [5.41, 5.74) is 0.611. The lowest BCUT2D eigenvalue weighted by molar-refractivity contribution is 0.251. The van der Waals surface area contributed by atoms with Crippen LogP contribution in [0.5, 0.6) is 0 Å². The molecule has 0 aromatic carbocycles. The van der Waals surface area contributed by atoms with Gasteiger partial charge in [-0.3, -0.25) is 0 Å². The number of hydrogen-bond acceptors (Lipinski definition) is 5. The third-order valence-corrected chi connectivity index (χ3v) is 4.65. The number of thiazole rings is 1. The van der Waals surface area contributed by atoms with Gasteiger partial charge in [-0.15, -0.1) is 11.3 Å². The van der Waals surface area contributed by atoms with Crippen molar-refractivity contribution >= 4 is 23.1 Å². The maximum atomic E-state index is 11.9. The molecule has 1 aliphatic carbocycles. The van der Waals surface area contributed by atoms with Crippen molar-refractivity contribution in [3.05, 3.63) is 34.3 Å². The molecule has 0 radical (unpaired) electrons. The average Bonchev–Trinajstić information content (AvgIpc) is 3.27. The molecule has 0 bridgehead atoms. The van der Waals surface area contributed by atoms with Crippen LogP contribution in [0.2, 0.25) is 0 Å². The fraction of sp³-hybridized carbons (Fsp3) is 0.467. The summed E-state index contributed by atoms with van der Waals surface area (Å²) in [7, 11) is 0. The predicted octanol–water partition coefficient (Wildman–Crippen LogP) is 3.04. The smallest absolute Gasteiger partial charge is 0.319 e. The highest BCUT2D eigenvalue weighted by Crippen LogP contribution is 2.37. The Morgan fingerprint density at radius 1 is 1.32 bits per heavy atom. The number of rotatable bonds is 5. The van der Waals surface area contributed by atoms with Gasteiger partial charge in [-0.05, 0) is 19.8 Å². The van der Waals surface area contributed by atoms with E-state index in [-0.39, 0.29) is 11.9 Å². The first-order valence-corrected chi connectivity index (χ1v) is 8.22. The maximum absolute atomic E-state index is 11.9. The summed E-state index contributed by atoms with van der Waals surface area (Å²) >= 11 is 1.66. The maximum Gasteiger partial charge on any atom is 0.319 e. The molecule has 0 unspecified atom stereocenters. The van der Waals surface area contributed by atoms with Crippen LogP contribution in [0.1, 0.15) is 47.3 Å². The Morgan fingerprint density at radius 2 is 2.05 bits per heavy atom. The molecule has 1 fully saturated rings. The van der Waals surface area contributed by atoms with Crippen molar-refractivity contribution in [1.29, 1.82) is 0 Å². The van der Waals surface area contributed by atoms with E-state index in [4.69, 9.17) is 0 Å². The summed E-state index contributed by atoms with van der Waals surface area (Å²) < 4.78 is 0. The van der Waals surface area contributed by atoms with Gasteiger partial charge in [-0.2, -0.15) is 0 Å². The normalized spacial score (nSPS) is 15.4. The molecule has 0 spiro atoms. The Morgan fingerprint density at radius 3 is 2.64 bits per heavy atom. The third kappa shape index (κ3) is 3.79. The first-order chi connectivity index (χ1) is 10.6. The number of amides is 2. The second-order valence-corrected chi connectivity index (χ2v) is 6.92. The van der Waals surface area contributed by atoms with Crippen molar-refractivity contribution in [2.45, 2.75) is 38.5 Å². The van der Waals surface area contributed by atoms with Gasteiger partial charge in [0, 0.05) is 29.5 Å². The standard InChI is InChI=1S/C15H19N5OS/c1-9(14-18-6-10(2)22-14)5-19-15(21)20-12-7-16-13(17-8-12)11-3-4-11/h6-9,11H,3-5H2,1-2H3,(H2,19,20,21)/t9-/m0/s1. The zero-order valence-electron chi connectivity index (χ0n) is 12.7. The highest BCUT2D eigenvalue weighted by atomic mass is 32.1. The van der Waals surface area contributed by atoms with Crippen LogP contribution >= 0.6 is 11.3 Å². The van der Waals surface area contributed by atoms with Crippen molar-refractivity contribution in [3.63, 3.8) is 0 Å². The Hall–Kier alpha value is -2.02. The van der Waals surface area contributed by atoms with E-state index in [1.165, 1.54) is 17.7 Å². The van der Waals surface area contributed by atoms with Gasteiger partial charge in [0.1, 0.15) is 5.82 Å². The predicted molar refractivity (Wildman–Crippen MR) is 86.3 cm³/mol. The van der Waals surface area contributed by atoms with Gasteiger partial charge in [0.25, 0.3) is 0 Å². The molecule has 2 aromatic rings. The monoisotopic (exact) mass is 317 g/mol. The van der Waals surface area contributed by atoms with E-state index < -0.39 is 0 Å². The number of urea groups is 1. The molecule has 7 heteroatoms. The number of carbonyl (C=O) groups is 1. The number of hydrogen-bond donors (Lipinski definition) is 2. The Bertz CT molecular complexity index is 650. The number of aromatic nitrogens is 3. The Kier molecular flexibility index (Phi) is 4.33. The van der Waals surface area contributed by atoms with Gasteiger partial charge in [-0.25, -0.2) is 19.7 Å². The van der Waals surface area contributed by atoms with Crippen LogP contribution in [0.4, 0.5) is 10.5 Å². The van der Waals surface area contributed by atoms with Crippen molar-refractivity contribution in [2.24, 2.45) is 0 Å². The van der Waals surface area contributed by atoms with E-state index in [2.05, 4.69) is 25.6 Å². The molecule has 1 aliphatic rings. The molecule has 3 rings (SSSR count). The number of nitrogens with one attached hydrogen (secondary N) is 2. The summed E-state index contributed by atoms with van der Waals surface area (Å²) in [6, 6.07) is -0.247. The van der Waals surface area contributed by atoms with Crippen LogP contribution in [0.3, 0.4) is 0 Å². The van der Waals surface area contributed by atoms with Crippen molar-refractivity contribution in [2.75, 3.05) is 11.9 Å². The van der Waals surface area contributed by atoms with Crippen LogP contribution < -0.4 is 10.6 Å². The van der Waals surface area contributed by atoms with Gasteiger partial charge in [0.05, 0.1) is 23.1 Å². The lowest BCUT2D eigenvalue weighted by atomic mass is 10.2. The minimum Gasteiger partial charge on any atom is -0.337 e. The van der Waals surface area contributed by atoms with Crippen molar-refractivity contribution in [3.8, 4) is 0 Å². The van der Waals surface area contributed by atoms with E-state index in [1.54, 1.807) is 23.7 Å². The quantitative estimate of drug-likeness (QED) is 0.888. The lowest BCUT2D eigenvalue weighted by Gasteiger charge is -2.11. The van der Waals surface area contributed by atoms with Crippen LogP contribution in [-0.2, 0) is 0 Å². The average molecular weight is 317 g/mol. The fourth-order valence-electron chi connectivity index (χ4n) is 2.06. The lowest BCUT2D eigenvalue weighted by Crippen LogP contribution is -2.31. The van der Waals surface area contributed by atoms with Crippen LogP contribution in [-0.4, -0.2) is 27.5 Å². The number of nitrogens with zero attached hydrogens (tertiary/aromatic N) is 3. The van der Waals surface area contributed by atoms with E-state index >= 15 is 0 Å². The molecular weight excluding hydrogens is 298 g/mol. The van der Waals surface area contributed by atoms with Crippen molar-refractivity contribution < 1.29 is 4.79 Å². The van der Waals surface area contributed by atoms with Gasteiger partial charge in [0.15, 0.2) is 0 Å². The van der Waals surface area contributed by atoms with E-state index in [9.17, 15) is 4.79 Å². The SMILES string of the molecule is Cc1cnc([C@@H](C)CNC(=O)Nc2cnc(C3CC3)nc2)s1. The second-order valence-electron chi connectivity index (χ2n) is 5.65. The molecule has 116 valence electrons. The highest BCUT2D eigenvalue weighted by Gasteiger charge is 2.26. The first kappa shape index (κ1) is 14.9. The molecular formula is C15H19N5OS. The highest BCUT2D eigenvalue weighted by molar-refractivity contribution is 7.11. The first-order valence-electron chi connectivity index (χ1n) is 7.41. The van der Waals surface area contributed by atoms with Crippen LogP contribution in [0.15, 0.2) is 18.6 Å². The Labute approximate surface area is 133 Å². The molecule has 6 nitrogen and oxygen atoms in total. The van der Waals surface area contributed by atoms with Gasteiger partial charge in [0.2, 0.25) is 0 Å². The molecule has 2 heterocycles. The fourth-order valence-corrected chi connectivity index (χ4v) is 2.89. The van der Waals surface area contributed by atoms with Gasteiger partial charge >= 0.3 is 6.03 Å². The molecule has 2 aromatic heterocycles. The van der Waals surface area contributed by atoms with E-state index in [0.29, 0.717) is 18.2 Å². The van der Waals surface area contributed by atoms with Gasteiger partial charge in [-0.1, -0.05) is 6.92 Å². The molecule has 1 saturated carbocycles. The number of carbonyl (C=O) groups excluding carboxylic acids is 1. The second kappa shape index (κ2) is 6.39. The number of anilines is 1. The molecule has 22 heavy (non-hydrogen) atoms. The van der Waals surface area contributed by atoms with Gasteiger partial charge < -0.3 is 10.6 Å². The minimum absolute atomic E-state index is 0.193. The summed E-state index contributed by atoms with van der Waals surface area (Å²) in [6.45, 7) is 4.62. The summed E-state index contributed by atoms with van der Waals surface area (Å²) in [5, 5.41) is 6.63. The summed E-state index contributed by atoms with van der Waals surface area (Å²) in [4.78, 5) is 26.0. The third-order valence-electron chi connectivity index (χ3n) is 3.50. The Balaban J connectivity index is 1.47. The van der Waals surface area contributed by atoms with Crippen LogP contribution in [0, 0.1) is 6.92 Å². The number of aryl methyl sites for hydroxylation is 1. The van der Waals surface area contributed by atoms with Crippen LogP contribution in [0.25, 0.3) is 0 Å². The van der Waals surface area contributed by atoms with E-state index in [1.807, 2.05) is 20.0 Å². The molecule has 0 saturated heterocycles. The van der Waals surface area contributed by atoms with Crippen molar-refractivity contribution in [1.82, 2.24) is 20.3 Å². The molecule has 1 atom stereocenters. The topological polar surface area (TPSA) is 79.8 Å². The summed E-state index contributed by atoms with van der Waals surface area (Å²) in [6.07, 6.45) is 7.51. The summed E-state index contributed by atoms with van der Waals surface area (Å²) in [5.74, 6) is 1.59. The zero-order chi connectivity index (χ0) is 15.5. The zero-order valence-corrected chi connectivity index (χ0v) is 13.5. The largest absolute Gasteiger partial charge is 0.337 e. The molecule has 2 N–H and O–H groups in total. The van der Waals surface area contributed by atoms with E-state index in [0.717, 1.165) is 10.8 Å².